The van der Waals surface area contributed by atoms with Crippen molar-refractivity contribution < 1.29 is 0 Å². The van der Waals surface area contributed by atoms with Gasteiger partial charge in [0.2, 0.25) is 0 Å². The molecule has 0 aromatic carbocycles. The van der Waals surface area contributed by atoms with E-state index in [2.05, 4.69) is 0 Å². The molecule has 2 unspecified atom stereocenters. The first kappa shape index (κ1) is 6.69. The molecule has 2 atom stereocenters. The zero-order chi connectivity index (χ0) is 6.81. The molecule has 0 radical (unpaired) electrons. The van der Waals surface area contributed by atoms with E-state index in [1.165, 1.54) is 19.3 Å². The van der Waals surface area contributed by atoms with Gasteiger partial charge in [0.05, 0.1) is 0 Å². The summed E-state index contributed by atoms with van der Waals surface area (Å²) in [6, 6.07) is 0. The fourth-order valence-electron chi connectivity index (χ4n) is 2.79. The quantitative estimate of drug-likeness (QED) is 0.481. The molecule has 0 nitrogen and oxygen atoms in total. The highest BCUT2D eigenvalue weighted by Crippen LogP contribution is 2.37. The molecule has 2 aliphatic rings. The van der Waals surface area contributed by atoms with Crippen LogP contribution in [0.2, 0.25) is 0 Å². The molecule has 0 saturated heterocycles. The molecule has 2 bridgehead atoms. The second kappa shape index (κ2) is 2.94. The molecule has 2 aliphatic carbocycles. The van der Waals surface area contributed by atoms with Crippen molar-refractivity contribution in [1.29, 1.82) is 0 Å². The largest absolute Gasteiger partial charge is 0.0530 e. The summed E-state index contributed by atoms with van der Waals surface area (Å²) < 4.78 is 0. The molecule has 0 heteroatoms. The fraction of sp³-hybridized carbons (Fsp3) is 1.00. The van der Waals surface area contributed by atoms with Crippen molar-refractivity contribution in [3.63, 3.8) is 0 Å². The third-order valence-electron chi connectivity index (χ3n) is 3.37. The monoisotopic (exact) mass is 138 g/mol. The summed E-state index contributed by atoms with van der Waals surface area (Å²) in [5.41, 5.74) is 0. The highest BCUT2D eigenvalue weighted by molar-refractivity contribution is 4.76. The minimum Gasteiger partial charge on any atom is -0.0530 e. The van der Waals surface area contributed by atoms with E-state index >= 15 is 0 Å². The van der Waals surface area contributed by atoms with Gasteiger partial charge in [0.25, 0.3) is 0 Å². The summed E-state index contributed by atoms with van der Waals surface area (Å²) in [4.78, 5) is 0. The second-order valence-electron chi connectivity index (χ2n) is 4.18. The maximum atomic E-state index is 1.58. The van der Waals surface area contributed by atoms with E-state index in [-0.39, 0.29) is 0 Å². The van der Waals surface area contributed by atoms with Crippen molar-refractivity contribution in [1.82, 2.24) is 0 Å². The van der Waals surface area contributed by atoms with Crippen molar-refractivity contribution >= 4 is 0 Å². The van der Waals surface area contributed by atoms with E-state index in [1.54, 1.807) is 32.1 Å². The van der Waals surface area contributed by atoms with Gasteiger partial charge in [0, 0.05) is 0 Å². The number of fused-ring (bicyclic) bond motifs is 2. The first-order valence-electron chi connectivity index (χ1n) is 4.95. The van der Waals surface area contributed by atoms with Gasteiger partial charge >= 0.3 is 0 Å². The van der Waals surface area contributed by atoms with Crippen LogP contribution in [-0.4, -0.2) is 0 Å². The van der Waals surface area contributed by atoms with E-state index in [0.29, 0.717) is 0 Å². The molecule has 0 aliphatic heterocycles. The Labute approximate surface area is 64.0 Å². The summed E-state index contributed by atoms with van der Waals surface area (Å²) in [6.45, 7) is 0. The minimum absolute atomic E-state index is 1.14. The maximum absolute atomic E-state index is 1.58. The van der Waals surface area contributed by atoms with Crippen LogP contribution < -0.4 is 0 Å². The number of hydrogen-bond acceptors (Lipinski definition) is 0. The Kier molecular flexibility index (Phi) is 1.97. The fourth-order valence-corrected chi connectivity index (χ4v) is 2.79. The number of hydrogen-bond donors (Lipinski definition) is 0. The summed E-state index contributed by atoms with van der Waals surface area (Å²) in [5, 5.41) is 0. The van der Waals surface area contributed by atoms with Gasteiger partial charge in [0.15, 0.2) is 0 Å². The molecule has 2 saturated carbocycles. The first-order chi connectivity index (χ1) is 4.95. The topological polar surface area (TPSA) is 0 Å². The minimum atomic E-state index is 1.14. The van der Waals surface area contributed by atoms with Crippen LogP contribution in [0.4, 0.5) is 0 Å². The Hall–Kier alpha value is 0. The molecule has 2 fully saturated rings. The zero-order valence-corrected chi connectivity index (χ0v) is 6.81. The molecule has 0 heterocycles. The molecule has 10 heavy (non-hydrogen) atoms. The average molecular weight is 138 g/mol. The van der Waals surface area contributed by atoms with E-state index in [4.69, 9.17) is 0 Å². The molecule has 0 N–H and O–H groups in total. The Morgan fingerprint density at radius 1 is 0.600 bits per heavy atom. The zero-order valence-electron chi connectivity index (χ0n) is 6.81. The first-order valence-corrected chi connectivity index (χ1v) is 4.95. The summed E-state index contributed by atoms with van der Waals surface area (Å²) in [6.07, 6.45) is 12.4. The van der Waals surface area contributed by atoms with Gasteiger partial charge in [-0.25, -0.2) is 0 Å². The third-order valence-corrected chi connectivity index (χ3v) is 3.37. The van der Waals surface area contributed by atoms with Crippen LogP contribution in [0.25, 0.3) is 0 Å². The molecule has 0 aromatic heterocycles. The molecular weight excluding hydrogens is 120 g/mol. The van der Waals surface area contributed by atoms with Crippen LogP contribution in [0, 0.1) is 11.8 Å². The number of rotatable bonds is 0. The average Bonchev–Trinajstić information content (AvgIpc) is 2.12. The van der Waals surface area contributed by atoms with Crippen LogP contribution >= 0.6 is 0 Å². The standard InChI is InChI=1S/C10H18/c1-2-5-10-7-3-6-9(4-1)8-10/h9-10H,1-8H2. The SMILES string of the molecule is C1CCC2CCCC(C1)C2. The van der Waals surface area contributed by atoms with Crippen LogP contribution in [0.3, 0.4) is 0 Å². The molecular formula is C10H18. The van der Waals surface area contributed by atoms with Gasteiger partial charge in [0.1, 0.15) is 0 Å². The lowest BCUT2D eigenvalue weighted by molar-refractivity contribution is 0.271. The van der Waals surface area contributed by atoms with Crippen molar-refractivity contribution in [3.05, 3.63) is 0 Å². The van der Waals surface area contributed by atoms with Gasteiger partial charge in [-0.1, -0.05) is 44.9 Å². The van der Waals surface area contributed by atoms with Crippen LogP contribution in [0.15, 0.2) is 0 Å². The van der Waals surface area contributed by atoms with Gasteiger partial charge < -0.3 is 0 Å². The van der Waals surface area contributed by atoms with Crippen LogP contribution in [0.1, 0.15) is 51.4 Å². The summed E-state index contributed by atoms with van der Waals surface area (Å²) >= 11 is 0. The Morgan fingerprint density at radius 3 is 1.70 bits per heavy atom. The van der Waals surface area contributed by atoms with Crippen LogP contribution in [-0.2, 0) is 0 Å². The lowest BCUT2D eigenvalue weighted by Crippen LogP contribution is -2.12. The van der Waals surface area contributed by atoms with Crippen molar-refractivity contribution in [2.24, 2.45) is 11.8 Å². The Balaban J connectivity index is 1.96. The highest BCUT2D eigenvalue weighted by Gasteiger charge is 2.23. The van der Waals surface area contributed by atoms with Crippen molar-refractivity contribution in [2.45, 2.75) is 51.4 Å². The molecule has 0 aromatic rings. The predicted octanol–water partition coefficient (Wildman–Crippen LogP) is 3.37. The second-order valence-corrected chi connectivity index (χ2v) is 4.18. The predicted molar refractivity (Wildman–Crippen MR) is 43.9 cm³/mol. The van der Waals surface area contributed by atoms with Crippen LogP contribution in [0.5, 0.6) is 0 Å². The molecule has 0 amide bonds. The summed E-state index contributed by atoms with van der Waals surface area (Å²) in [7, 11) is 0. The van der Waals surface area contributed by atoms with Gasteiger partial charge in [-0.15, -0.1) is 0 Å². The molecule has 2 rings (SSSR count). The normalized spacial score (nSPS) is 40.8. The van der Waals surface area contributed by atoms with E-state index < -0.39 is 0 Å². The van der Waals surface area contributed by atoms with Crippen molar-refractivity contribution in [2.75, 3.05) is 0 Å². The maximum Gasteiger partial charge on any atom is -0.0412 e. The Morgan fingerprint density at radius 2 is 1.10 bits per heavy atom. The van der Waals surface area contributed by atoms with Crippen molar-refractivity contribution in [3.8, 4) is 0 Å². The van der Waals surface area contributed by atoms with Gasteiger partial charge in [-0.3, -0.25) is 0 Å². The lowest BCUT2D eigenvalue weighted by atomic mass is 9.81. The Bertz CT molecular complexity index is 94.6. The highest BCUT2D eigenvalue weighted by atomic mass is 14.3. The van der Waals surface area contributed by atoms with E-state index in [1.807, 2.05) is 0 Å². The van der Waals surface area contributed by atoms with E-state index in [9.17, 15) is 0 Å². The van der Waals surface area contributed by atoms with E-state index in [0.717, 1.165) is 11.8 Å². The summed E-state index contributed by atoms with van der Waals surface area (Å²) in [5.74, 6) is 2.28. The third kappa shape index (κ3) is 1.36. The lowest BCUT2D eigenvalue weighted by Gasteiger charge is -2.25. The smallest absolute Gasteiger partial charge is 0.0412 e. The molecule has 58 valence electrons. The van der Waals surface area contributed by atoms with Gasteiger partial charge in [-0.2, -0.15) is 0 Å². The molecule has 0 spiro atoms. The van der Waals surface area contributed by atoms with Gasteiger partial charge in [-0.05, 0) is 18.3 Å².